The summed E-state index contributed by atoms with van der Waals surface area (Å²) >= 11 is 0. The van der Waals surface area contributed by atoms with Gasteiger partial charge in [-0.15, -0.1) is 0 Å². The summed E-state index contributed by atoms with van der Waals surface area (Å²) in [5, 5.41) is 10.4. The SMILES string of the molecule is CCOC(/C=C/C(C)(O)Cc1ccc(C)cc1)OCC. The summed E-state index contributed by atoms with van der Waals surface area (Å²) in [5.74, 6) is 0. The molecule has 3 nitrogen and oxygen atoms in total. The van der Waals surface area contributed by atoms with E-state index in [1.54, 1.807) is 19.1 Å². The Balaban J connectivity index is 2.64. The van der Waals surface area contributed by atoms with Crippen molar-refractivity contribution in [2.24, 2.45) is 0 Å². The van der Waals surface area contributed by atoms with Crippen LogP contribution in [0.1, 0.15) is 31.9 Å². The van der Waals surface area contributed by atoms with E-state index in [1.165, 1.54) is 5.56 Å². The molecular formula is C17H26O3. The van der Waals surface area contributed by atoms with Crippen molar-refractivity contribution in [1.29, 1.82) is 0 Å². The molecule has 0 aliphatic heterocycles. The fourth-order valence-electron chi connectivity index (χ4n) is 1.95. The molecule has 3 heteroatoms. The second-order valence-corrected chi connectivity index (χ2v) is 5.16. The molecule has 112 valence electrons. The zero-order chi connectivity index (χ0) is 15.0. The van der Waals surface area contributed by atoms with E-state index in [1.807, 2.05) is 26.0 Å². The fraction of sp³-hybridized carbons (Fsp3) is 0.529. The first kappa shape index (κ1) is 16.9. The van der Waals surface area contributed by atoms with E-state index in [9.17, 15) is 5.11 Å². The average molecular weight is 278 g/mol. The quantitative estimate of drug-likeness (QED) is 0.586. The first-order valence-electron chi connectivity index (χ1n) is 7.17. The van der Waals surface area contributed by atoms with Gasteiger partial charge in [-0.3, -0.25) is 0 Å². The van der Waals surface area contributed by atoms with Crippen LogP contribution in [0.2, 0.25) is 0 Å². The molecule has 1 unspecified atom stereocenters. The standard InChI is InChI=1S/C17H26O3/c1-5-19-16(20-6-2)11-12-17(4,18)13-15-9-7-14(3)8-10-15/h7-12,16,18H,5-6,13H2,1-4H3/b12-11+. The topological polar surface area (TPSA) is 38.7 Å². The van der Waals surface area contributed by atoms with Gasteiger partial charge in [-0.1, -0.05) is 35.9 Å². The molecule has 0 saturated heterocycles. The number of hydrogen-bond acceptors (Lipinski definition) is 3. The summed E-state index contributed by atoms with van der Waals surface area (Å²) < 4.78 is 10.8. The second kappa shape index (κ2) is 8.20. The van der Waals surface area contributed by atoms with Crippen LogP contribution in [0.5, 0.6) is 0 Å². The summed E-state index contributed by atoms with van der Waals surface area (Å²) in [7, 11) is 0. The molecule has 20 heavy (non-hydrogen) atoms. The van der Waals surface area contributed by atoms with Crippen LogP contribution < -0.4 is 0 Å². The summed E-state index contributed by atoms with van der Waals surface area (Å²) in [6.07, 6.45) is 3.70. The number of benzene rings is 1. The maximum Gasteiger partial charge on any atom is 0.176 e. The first-order chi connectivity index (χ1) is 9.46. The Morgan fingerprint density at radius 2 is 1.70 bits per heavy atom. The Morgan fingerprint density at radius 3 is 2.20 bits per heavy atom. The number of aliphatic hydroxyl groups is 1. The lowest BCUT2D eigenvalue weighted by atomic mass is 9.95. The van der Waals surface area contributed by atoms with Crippen LogP contribution in [-0.2, 0) is 15.9 Å². The number of rotatable bonds is 8. The van der Waals surface area contributed by atoms with Gasteiger partial charge in [0.15, 0.2) is 6.29 Å². The molecule has 0 aromatic heterocycles. The Hall–Kier alpha value is -1.16. The lowest BCUT2D eigenvalue weighted by Crippen LogP contribution is -2.25. The molecule has 0 aliphatic carbocycles. The number of hydrogen-bond donors (Lipinski definition) is 1. The van der Waals surface area contributed by atoms with Crippen molar-refractivity contribution in [3.8, 4) is 0 Å². The first-order valence-corrected chi connectivity index (χ1v) is 7.17. The van der Waals surface area contributed by atoms with E-state index in [-0.39, 0.29) is 0 Å². The summed E-state index contributed by atoms with van der Waals surface area (Å²) in [6.45, 7) is 8.84. The Bertz CT molecular complexity index is 401. The van der Waals surface area contributed by atoms with E-state index in [0.717, 1.165) is 5.56 Å². The van der Waals surface area contributed by atoms with E-state index in [2.05, 4.69) is 19.1 Å². The molecule has 0 amide bonds. The fourth-order valence-corrected chi connectivity index (χ4v) is 1.95. The molecule has 0 heterocycles. The van der Waals surface area contributed by atoms with Crippen LogP contribution in [0.4, 0.5) is 0 Å². The van der Waals surface area contributed by atoms with Gasteiger partial charge in [0.2, 0.25) is 0 Å². The predicted octanol–water partition coefficient (Wildman–Crippen LogP) is 3.24. The van der Waals surface area contributed by atoms with Crippen LogP contribution in [0, 0.1) is 6.92 Å². The van der Waals surface area contributed by atoms with Crippen LogP contribution in [0.15, 0.2) is 36.4 Å². The Kier molecular flexibility index (Phi) is 6.93. The van der Waals surface area contributed by atoms with Crippen LogP contribution >= 0.6 is 0 Å². The molecule has 0 aliphatic rings. The molecule has 1 rings (SSSR count). The van der Waals surface area contributed by atoms with Gasteiger partial charge in [0.05, 0.1) is 5.60 Å². The van der Waals surface area contributed by atoms with Gasteiger partial charge < -0.3 is 14.6 Å². The number of aryl methyl sites for hydroxylation is 1. The minimum atomic E-state index is -0.915. The molecule has 0 fully saturated rings. The minimum Gasteiger partial charge on any atom is -0.386 e. The highest BCUT2D eigenvalue weighted by Crippen LogP contribution is 2.16. The van der Waals surface area contributed by atoms with Gasteiger partial charge >= 0.3 is 0 Å². The molecule has 1 N–H and O–H groups in total. The van der Waals surface area contributed by atoms with Crippen molar-refractivity contribution in [1.82, 2.24) is 0 Å². The molecule has 1 atom stereocenters. The molecule has 0 radical (unpaired) electrons. The second-order valence-electron chi connectivity index (χ2n) is 5.16. The summed E-state index contributed by atoms with van der Waals surface area (Å²) in [6, 6.07) is 8.19. The lowest BCUT2D eigenvalue weighted by molar-refractivity contribution is -0.104. The maximum atomic E-state index is 10.4. The average Bonchev–Trinajstić information content (AvgIpc) is 2.39. The monoisotopic (exact) mass is 278 g/mol. The van der Waals surface area contributed by atoms with Crippen molar-refractivity contribution in [2.75, 3.05) is 13.2 Å². The van der Waals surface area contributed by atoms with Crippen molar-refractivity contribution in [3.63, 3.8) is 0 Å². The molecule has 0 bridgehead atoms. The molecule has 0 saturated carbocycles. The van der Waals surface area contributed by atoms with Crippen molar-refractivity contribution in [2.45, 2.75) is 46.0 Å². The highest BCUT2D eigenvalue weighted by atomic mass is 16.7. The summed E-state index contributed by atoms with van der Waals surface area (Å²) in [5.41, 5.74) is 1.41. The van der Waals surface area contributed by atoms with Crippen molar-refractivity contribution >= 4 is 0 Å². The number of ether oxygens (including phenoxy) is 2. The predicted molar refractivity (Wildman–Crippen MR) is 81.7 cm³/mol. The van der Waals surface area contributed by atoms with Crippen molar-refractivity contribution < 1.29 is 14.6 Å². The van der Waals surface area contributed by atoms with Gasteiger partial charge in [0.25, 0.3) is 0 Å². The Labute approximate surface area is 122 Å². The van der Waals surface area contributed by atoms with Crippen LogP contribution in [0.3, 0.4) is 0 Å². The van der Waals surface area contributed by atoms with Gasteiger partial charge in [-0.2, -0.15) is 0 Å². The molecular weight excluding hydrogens is 252 g/mol. The van der Waals surface area contributed by atoms with E-state index in [4.69, 9.17) is 9.47 Å². The third-order valence-electron chi connectivity index (χ3n) is 2.96. The van der Waals surface area contributed by atoms with Gasteiger partial charge in [-0.05, 0) is 39.3 Å². The maximum absolute atomic E-state index is 10.4. The highest BCUT2D eigenvalue weighted by molar-refractivity contribution is 5.23. The van der Waals surface area contributed by atoms with Crippen LogP contribution in [-0.4, -0.2) is 30.2 Å². The highest BCUT2D eigenvalue weighted by Gasteiger charge is 2.18. The third-order valence-corrected chi connectivity index (χ3v) is 2.96. The smallest absolute Gasteiger partial charge is 0.176 e. The molecule has 1 aromatic carbocycles. The van der Waals surface area contributed by atoms with Crippen LogP contribution in [0.25, 0.3) is 0 Å². The van der Waals surface area contributed by atoms with Gasteiger partial charge in [0, 0.05) is 19.6 Å². The summed E-state index contributed by atoms with van der Waals surface area (Å²) in [4.78, 5) is 0. The zero-order valence-corrected chi connectivity index (χ0v) is 12.9. The van der Waals surface area contributed by atoms with Crippen molar-refractivity contribution in [3.05, 3.63) is 47.5 Å². The van der Waals surface area contributed by atoms with E-state index >= 15 is 0 Å². The van der Waals surface area contributed by atoms with E-state index in [0.29, 0.717) is 19.6 Å². The minimum absolute atomic E-state index is 0.394. The van der Waals surface area contributed by atoms with E-state index < -0.39 is 11.9 Å². The third kappa shape index (κ3) is 6.33. The largest absolute Gasteiger partial charge is 0.386 e. The zero-order valence-electron chi connectivity index (χ0n) is 12.9. The molecule has 0 spiro atoms. The normalized spacial score (nSPS) is 14.9. The Morgan fingerprint density at radius 1 is 1.15 bits per heavy atom. The van der Waals surface area contributed by atoms with Gasteiger partial charge in [-0.25, -0.2) is 0 Å². The molecule has 1 aromatic rings. The lowest BCUT2D eigenvalue weighted by Gasteiger charge is -2.21. The van der Waals surface area contributed by atoms with Gasteiger partial charge in [0.1, 0.15) is 0 Å².